The molecule has 0 bridgehead atoms. The first-order valence-corrected chi connectivity index (χ1v) is 22.3. The highest BCUT2D eigenvalue weighted by molar-refractivity contribution is 6.01. The SMILES string of the molecule is COc1c(N2CCNC(C)C2)c(F)cc2c(=O)c(C(=O)OCCOCCOCCCC(=O)[C@]3(O)[C@H](C)C[C@@H]4[C@H]5CCC6=CC(=O)C=C[C@@]6(C)[C@]5(F)[C@H](O)C[C@]43C)cn(C3CC3)c12. The number of alkyl halides is 1. The van der Waals surface area contributed by atoms with Gasteiger partial charge >= 0.3 is 5.97 Å². The number of aromatic nitrogens is 1. The van der Waals surface area contributed by atoms with Crippen LogP contribution in [0.1, 0.15) is 95.5 Å². The van der Waals surface area contributed by atoms with Gasteiger partial charge in [0.1, 0.15) is 23.5 Å². The molecule has 62 heavy (non-hydrogen) atoms. The van der Waals surface area contributed by atoms with E-state index in [0.29, 0.717) is 62.1 Å². The fourth-order valence-corrected chi connectivity index (χ4v) is 12.1. The van der Waals surface area contributed by atoms with E-state index < -0.39 is 57.3 Å². The summed E-state index contributed by atoms with van der Waals surface area (Å²) in [5, 5.41) is 27.2. The van der Waals surface area contributed by atoms with Gasteiger partial charge in [-0.2, -0.15) is 0 Å². The number of ether oxygens (including phenoxy) is 4. The van der Waals surface area contributed by atoms with Crippen molar-refractivity contribution in [1.82, 2.24) is 9.88 Å². The highest BCUT2D eigenvalue weighted by Crippen LogP contribution is 2.70. The predicted octanol–water partition coefficient (Wildman–Crippen LogP) is 5.17. The van der Waals surface area contributed by atoms with Crippen LogP contribution in [0.15, 0.2) is 40.9 Å². The molecule has 2 heterocycles. The van der Waals surface area contributed by atoms with Crippen molar-refractivity contribution >= 4 is 34.1 Å². The molecular weight excluding hydrogens is 805 g/mol. The van der Waals surface area contributed by atoms with E-state index in [0.717, 1.165) is 12.8 Å². The number of hydrogen-bond donors (Lipinski definition) is 3. The molecule has 338 valence electrons. The Hall–Kier alpha value is -4.02. The monoisotopic (exact) mass is 865 g/mol. The number of rotatable bonds is 15. The largest absolute Gasteiger partial charge is 0.492 e. The van der Waals surface area contributed by atoms with Crippen LogP contribution >= 0.6 is 0 Å². The minimum atomic E-state index is -2.04. The number of allylic oxidation sites excluding steroid dienone is 4. The van der Waals surface area contributed by atoms with Gasteiger partial charge in [0, 0.05) is 67.7 Å². The number of nitrogens with zero attached hydrogens (tertiary/aromatic N) is 2. The highest BCUT2D eigenvalue weighted by atomic mass is 19.1. The minimum Gasteiger partial charge on any atom is -0.492 e. The maximum absolute atomic E-state index is 17.5. The molecule has 1 unspecified atom stereocenters. The first-order chi connectivity index (χ1) is 29.5. The lowest BCUT2D eigenvalue weighted by Crippen LogP contribution is -2.69. The Bertz CT molecular complexity index is 2240. The molecule has 6 aliphatic rings. The summed E-state index contributed by atoms with van der Waals surface area (Å²) in [6.45, 7) is 9.76. The second-order valence-electron chi connectivity index (χ2n) is 19.0. The van der Waals surface area contributed by atoms with Crippen molar-refractivity contribution in [1.29, 1.82) is 0 Å². The van der Waals surface area contributed by atoms with E-state index in [1.165, 1.54) is 31.5 Å². The number of fused-ring (bicyclic) bond motifs is 6. The summed E-state index contributed by atoms with van der Waals surface area (Å²) in [6.07, 6.45) is 7.93. The molecule has 1 saturated heterocycles. The smallest absolute Gasteiger partial charge is 0.343 e. The maximum atomic E-state index is 17.5. The van der Waals surface area contributed by atoms with Crippen LogP contribution < -0.4 is 20.4 Å². The van der Waals surface area contributed by atoms with E-state index in [2.05, 4.69) is 5.32 Å². The number of Topliss-reactive ketones (excluding diaryl/α,β-unsaturated/α-hetero) is 1. The van der Waals surface area contributed by atoms with Crippen LogP contribution in [-0.2, 0) is 23.8 Å². The number of aliphatic hydroxyl groups excluding tert-OH is 1. The number of aliphatic hydroxyl groups is 2. The van der Waals surface area contributed by atoms with E-state index in [4.69, 9.17) is 18.9 Å². The third-order valence-electron chi connectivity index (χ3n) is 15.4. The first kappa shape index (κ1) is 44.6. The van der Waals surface area contributed by atoms with Crippen LogP contribution in [-0.4, -0.2) is 116 Å². The van der Waals surface area contributed by atoms with E-state index in [9.17, 15) is 29.4 Å². The lowest BCUT2D eigenvalue weighted by Gasteiger charge is -2.62. The summed E-state index contributed by atoms with van der Waals surface area (Å²) < 4.78 is 57.6. The lowest BCUT2D eigenvalue weighted by molar-refractivity contribution is -0.219. The molecule has 4 saturated carbocycles. The van der Waals surface area contributed by atoms with E-state index >= 15 is 8.78 Å². The first-order valence-electron chi connectivity index (χ1n) is 22.3. The molecule has 5 fully saturated rings. The molecule has 8 rings (SSSR count). The van der Waals surface area contributed by atoms with Crippen LogP contribution in [0.3, 0.4) is 0 Å². The number of nitrogens with one attached hydrogen (secondary N) is 1. The van der Waals surface area contributed by atoms with Gasteiger partial charge in [-0.25, -0.2) is 13.6 Å². The second-order valence-corrected chi connectivity index (χ2v) is 19.0. The summed E-state index contributed by atoms with van der Waals surface area (Å²) in [7, 11) is 1.46. The zero-order valence-electron chi connectivity index (χ0n) is 36.5. The molecule has 1 aliphatic heterocycles. The Morgan fingerprint density at radius 3 is 2.47 bits per heavy atom. The number of pyridine rings is 1. The van der Waals surface area contributed by atoms with Gasteiger partial charge in [0.15, 0.2) is 28.8 Å². The quantitative estimate of drug-likeness (QED) is 0.159. The zero-order valence-corrected chi connectivity index (χ0v) is 36.5. The second kappa shape index (κ2) is 16.8. The number of esters is 1. The van der Waals surface area contributed by atoms with Crippen LogP contribution in [0.4, 0.5) is 14.5 Å². The van der Waals surface area contributed by atoms with Crippen LogP contribution in [0.5, 0.6) is 5.75 Å². The summed E-state index contributed by atoms with van der Waals surface area (Å²) in [5.41, 5.74) is -5.34. The van der Waals surface area contributed by atoms with Gasteiger partial charge in [-0.3, -0.25) is 14.4 Å². The Morgan fingerprint density at radius 2 is 1.76 bits per heavy atom. The topological polar surface area (TPSA) is 166 Å². The Kier molecular flexibility index (Phi) is 12.1. The molecule has 15 heteroatoms. The molecule has 5 aliphatic carbocycles. The van der Waals surface area contributed by atoms with Crippen molar-refractivity contribution in [2.45, 2.75) is 109 Å². The molecule has 1 aromatic heterocycles. The predicted molar refractivity (Wildman–Crippen MR) is 227 cm³/mol. The molecule has 0 amide bonds. The van der Waals surface area contributed by atoms with Crippen molar-refractivity contribution < 1.29 is 52.3 Å². The molecule has 3 N–H and O–H groups in total. The highest BCUT2D eigenvalue weighted by Gasteiger charge is 2.75. The van der Waals surface area contributed by atoms with Crippen molar-refractivity contribution in [3.05, 3.63) is 57.7 Å². The van der Waals surface area contributed by atoms with Gasteiger partial charge in [0.05, 0.1) is 43.9 Å². The molecule has 13 nitrogen and oxygen atoms in total. The van der Waals surface area contributed by atoms with Gasteiger partial charge in [-0.15, -0.1) is 0 Å². The van der Waals surface area contributed by atoms with Crippen LogP contribution in [0, 0.1) is 34.4 Å². The van der Waals surface area contributed by atoms with Gasteiger partial charge in [0.2, 0.25) is 5.43 Å². The number of hydrogen-bond acceptors (Lipinski definition) is 12. The molecular formula is C47H61F2N3O10. The van der Waals surface area contributed by atoms with Crippen LogP contribution in [0.25, 0.3) is 10.9 Å². The fraction of sp³-hybridized carbons (Fsp3) is 0.660. The van der Waals surface area contributed by atoms with Gasteiger partial charge in [-0.1, -0.05) is 25.5 Å². The minimum absolute atomic E-state index is 0.0351. The number of carbonyl (C=O) groups is 3. The number of anilines is 1. The summed E-state index contributed by atoms with van der Waals surface area (Å²) >= 11 is 0. The third kappa shape index (κ3) is 7.14. The molecule has 2 aromatic rings. The number of carbonyl (C=O) groups excluding carboxylic acids is 3. The number of piperazine rings is 1. The average Bonchev–Trinajstić information content (AvgIpc) is 4.06. The zero-order chi connectivity index (χ0) is 44.4. The Morgan fingerprint density at radius 1 is 1.03 bits per heavy atom. The van der Waals surface area contributed by atoms with Crippen molar-refractivity contribution in [2.75, 3.05) is 64.7 Å². The summed E-state index contributed by atoms with van der Waals surface area (Å²) in [4.78, 5) is 54.9. The maximum Gasteiger partial charge on any atom is 0.343 e. The number of halogens is 2. The average molecular weight is 866 g/mol. The van der Waals surface area contributed by atoms with Gasteiger partial charge in [0.25, 0.3) is 0 Å². The summed E-state index contributed by atoms with van der Waals surface area (Å²) in [6, 6.07) is 1.38. The number of ketones is 2. The molecule has 0 spiro atoms. The molecule has 0 radical (unpaired) electrons. The van der Waals surface area contributed by atoms with E-state index in [1.807, 2.05) is 30.2 Å². The van der Waals surface area contributed by atoms with Gasteiger partial charge in [-0.05, 0) is 88.8 Å². The lowest BCUT2D eigenvalue weighted by atomic mass is 9.44. The van der Waals surface area contributed by atoms with Crippen molar-refractivity contribution in [2.24, 2.45) is 28.6 Å². The Balaban J connectivity index is 0.807. The van der Waals surface area contributed by atoms with Crippen LogP contribution in [0.2, 0.25) is 0 Å². The molecule has 1 aromatic carbocycles. The third-order valence-corrected chi connectivity index (χ3v) is 15.4. The van der Waals surface area contributed by atoms with E-state index in [-0.39, 0.29) is 92.1 Å². The number of methoxy groups -OCH3 is 1. The number of benzene rings is 1. The van der Waals surface area contributed by atoms with E-state index in [1.54, 1.807) is 13.0 Å². The summed E-state index contributed by atoms with van der Waals surface area (Å²) in [5.74, 6) is -3.05. The van der Waals surface area contributed by atoms with Gasteiger partial charge < -0.3 is 43.9 Å². The van der Waals surface area contributed by atoms with Crippen molar-refractivity contribution in [3.8, 4) is 5.75 Å². The standard InChI is InChI=1S/C47H61F2N3O10/c1-27-21-35-34-11-8-29-22-31(53)12-13-44(29,3)46(34,49)38(55)24-45(35,4)47(27,58)37(54)7-6-16-60-17-18-61-19-20-62-43(57)33-26-52(30-9-10-30)39-32(41(33)56)23-36(48)40(42(39)59-5)51-15-14-50-28(2)25-51/h12-13,22-23,26-28,30,34-35,38,50,55,58H,6-11,14-21,24-25H2,1-5H3/t27-,28?,34-,35-,38-,44-,45-,46-,47-/m1/s1. The normalized spacial score (nSPS) is 34.1. The molecule has 9 atom stereocenters. The Labute approximate surface area is 360 Å². The van der Waals surface area contributed by atoms with Crippen molar-refractivity contribution in [3.63, 3.8) is 0 Å². The fourth-order valence-electron chi connectivity index (χ4n) is 12.1.